The third-order valence-electron chi connectivity index (χ3n) is 6.26. The first-order valence-electron chi connectivity index (χ1n) is 11.2. The largest absolute Gasteiger partial charge is 0.479 e. The molecule has 3 fully saturated rings. The molecule has 8 N–H and O–H groups in total. The number of hydrogen-bond acceptors (Lipinski definition) is 15. The third-order valence-corrected chi connectivity index (χ3v) is 6.26. The van der Waals surface area contributed by atoms with Crippen LogP contribution in [0.4, 0.5) is 0 Å². The first-order valence-corrected chi connectivity index (χ1v) is 11.2. The van der Waals surface area contributed by atoms with Crippen molar-refractivity contribution < 1.29 is 78.9 Å². The maximum absolute atomic E-state index is 11.6. The maximum atomic E-state index is 11.6. The van der Waals surface area contributed by atoms with Gasteiger partial charge < -0.3 is 69.3 Å². The maximum Gasteiger partial charge on any atom is 0.335 e. The Kier molecular flexibility index (Phi) is 9.24. The SMILES string of the molecule is CC(=O)O[C@H]1[C@H](O[C@H]2[C@H](O[C@@H]3[C@H](O)[C@@H](O)[C@H](O)O[C@@H]3C(=O)O)O[C@@H](C)[C@H](O)[C@H]2O)O[C@@H](C)[C@H](O)[C@H]1O. The molecule has 3 aliphatic rings. The summed E-state index contributed by atoms with van der Waals surface area (Å²) in [5.41, 5.74) is 0. The number of ether oxygens (including phenoxy) is 6. The highest BCUT2D eigenvalue weighted by Crippen LogP contribution is 2.33. The number of esters is 1. The highest BCUT2D eigenvalue weighted by Gasteiger charge is 2.54. The molecule has 208 valence electrons. The predicted molar refractivity (Wildman–Crippen MR) is 109 cm³/mol. The van der Waals surface area contributed by atoms with Crippen LogP contribution in [-0.2, 0) is 38.0 Å². The summed E-state index contributed by atoms with van der Waals surface area (Å²) in [6.45, 7) is 3.76. The van der Waals surface area contributed by atoms with E-state index in [2.05, 4.69) is 0 Å². The van der Waals surface area contributed by atoms with Gasteiger partial charge in [0, 0.05) is 6.92 Å². The zero-order valence-electron chi connectivity index (χ0n) is 19.5. The fourth-order valence-corrected chi connectivity index (χ4v) is 4.20. The Bertz CT molecular complexity index is 781. The van der Waals surface area contributed by atoms with E-state index in [9.17, 15) is 50.4 Å². The van der Waals surface area contributed by atoms with E-state index in [0.29, 0.717) is 0 Å². The van der Waals surface area contributed by atoms with E-state index in [1.54, 1.807) is 0 Å². The number of aliphatic hydroxyl groups is 7. The molecular formula is C20H32O16. The normalized spacial score (nSPS) is 49.9. The number of carboxylic acid groups (broad SMARTS) is 1. The Labute approximate surface area is 204 Å². The van der Waals surface area contributed by atoms with E-state index >= 15 is 0 Å². The average molecular weight is 528 g/mol. The molecule has 3 heterocycles. The zero-order chi connectivity index (χ0) is 27.1. The summed E-state index contributed by atoms with van der Waals surface area (Å²) in [6, 6.07) is 0. The van der Waals surface area contributed by atoms with Crippen LogP contribution in [0.25, 0.3) is 0 Å². The van der Waals surface area contributed by atoms with E-state index in [1.165, 1.54) is 13.8 Å². The second-order valence-electron chi connectivity index (χ2n) is 8.92. The zero-order valence-corrected chi connectivity index (χ0v) is 19.5. The van der Waals surface area contributed by atoms with Gasteiger partial charge in [-0.25, -0.2) is 4.79 Å². The molecule has 0 aromatic rings. The van der Waals surface area contributed by atoms with Crippen molar-refractivity contribution in [1.82, 2.24) is 0 Å². The predicted octanol–water partition coefficient (Wildman–Crippen LogP) is -4.85. The Morgan fingerprint density at radius 3 is 1.58 bits per heavy atom. The Hall–Kier alpha value is -1.54. The van der Waals surface area contributed by atoms with Gasteiger partial charge in [0.15, 0.2) is 31.1 Å². The monoisotopic (exact) mass is 528 g/mol. The lowest BCUT2D eigenvalue weighted by Gasteiger charge is -2.47. The fraction of sp³-hybridized carbons (Fsp3) is 0.900. The van der Waals surface area contributed by atoms with E-state index in [-0.39, 0.29) is 0 Å². The number of hydrogen-bond donors (Lipinski definition) is 8. The van der Waals surface area contributed by atoms with Crippen LogP contribution in [-0.4, -0.2) is 145 Å². The fourth-order valence-electron chi connectivity index (χ4n) is 4.20. The van der Waals surface area contributed by atoms with Crippen LogP contribution in [0.1, 0.15) is 20.8 Å². The van der Waals surface area contributed by atoms with Crippen LogP contribution < -0.4 is 0 Å². The van der Waals surface area contributed by atoms with Crippen LogP contribution >= 0.6 is 0 Å². The number of aliphatic carboxylic acids is 1. The molecule has 0 saturated carbocycles. The number of rotatable bonds is 6. The van der Waals surface area contributed by atoms with Gasteiger partial charge in [0.2, 0.25) is 0 Å². The molecule has 0 aromatic carbocycles. The summed E-state index contributed by atoms with van der Waals surface area (Å²) < 4.78 is 32.1. The van der Waals surface area contributed by atoms with Crippen molar-refractivity contribution in [2.45, 2.75) is 113 Å². The molecule has 16 heteroatoms. The molecular weight excluding hydrogens is 496 g/mol. The number of carbonyl (C=O) groups is 2. The molecule has 3 aliphatic heterocycles. The summed E-state index contributed by atoms with van der Waals surface area (Å²) in [6.07, 6.45) is -25.1. The molecule has 0 radical (unpaired) electrons. The molecule has 0 bridgehead atoms. The van der Waals surface area contributed by atoms with E-state index < -0.39 is 104 Å². The van der Waals surface area contributed by atoms with Crippen molar-refractivity contribution in [1.29, 1.82) is 0 Å². The molecule has 0 amide bonds. The van der Waals surface area contributed by atoms with E-state index in [0.717, 1.165) is 6.92 Å². The lowest BCUT2D eigenvalue weighted by atomic mass is 9.96. The minimum Gasteiger partial charge on any atom is -0.479 e. The molecule has 36 heavy (non-hydrogen) atoms. The molecule has 0 spiro atoms. The van der Waals surface area contributed by atoms with Crippen molar-refractivity contribution in [2.75, 3.05) is 0 Å². The summed E-state index contributed by atoms with van der Waals surface area (Å²) in [5, 5.41) is 81.0. The van der Waals surface area contributed by atoms with Crippen LogP contribution in [0.3, 0.4) is 0 Å². The van der Waals surface area contributed by atoms with Crippen LogP contribution in [0, 0.1) is 0 Å². The molecule has 16 nitrogen and oxygen atoms in total. The molecule has 0 aromatic heterocycles. The molecule has 15 atom stereocenters. The van der Waals surface area contributed by atoms with Crippen molar-refractivity contribution in [3.8, 4) is 0 Å². The molecule has 0 unspecified atom stereocenters. The van der Waals surface area contributed by atoms with E-state index in [4.69, 9.17) is 28.4 Å². The summed E-state index contributed by atoms with van der Waals surface area (Å²) in [7, 11) is 0. The summed E-state index contributed by atoms with van der Waals surface area (Å²) in [5.74, 6) is -2.53. The first kappa shape index (κ1) is 29.0. The van der Waals surface area contributed by atoms with Gasteiger partial charge in [-0.1, -0.05) is 0 Å². The summed E-state index contributed by atoms with van der Waals surface area (Å²) >= 11 is 0. The first-order chi connectivity index (χ1) is 16.7. The number of carboxylic acids is 1. The van der Waals surface area contributed by atoms with Gasteiger partial charge in [-0.2, -0.15) is 0 Å². The second kappa shape index (κ2) is 11.5. The molecule has 3 saturated heterocycles. The van der Waals surface area contributed by atoms with Crippen LogP contribution in [0.2, 0.25) is 0 Å². The minimum absolute atomic E-state index is 0.862. The highest BCUT2D eigenvalue weighted by atomic mass is 16.8. The van der Waals surface area contributed by atoms with Crippen molar-refractivity contribution >= 4 is 11.9 Å². The van der Waals surface area contributed by atoms with Gasteiger partial charge in [0.25, 0.3) is 0 Å². The number of carbonyl (C=O) groups excluding carboxylic acids is 1. The molecule has 0 aliphatic carbocycles. The van der Waals surface area contributed by atoms with Crippen LogP contribution in [0.5, 0.6) is 0 Å². The van der Waals surface area contributed by atoms with E-state index in [1.807, 2.05) is 0 Å². The van der Waals surface area contributed by atoms with Gasteiger partial charge in [0.05, 0.1) is 12.2 Å². The lowest BCUT2D eigenvalue weighted by Crippen LogP contribution is -2.66. The van der Waals surface area contributed by atoms with Gasteiger partial charge in [-0.3, -0.25) is 4.79 Å². The Morgan fingerprint density at radius 1 is 0.639 bits per heavy atom. The van der Waals surface area contributed by atoms with Gasteiger partial charge in [-0.05, 0) is 13.8 Å². The van der Waals surface area contributed by atoms with Crippen molar-refractivity contribution in [3.05, 3.63) is 0 Å². The van der Waals surface area contributed by atoms with Crippen molar-refractivity contribution in [2.24, 2.45) is 0 Å². The summed E-state index contributed by atoms with van der Waals surface area (Å²) in [4.78, 5) is 23.2. The second-order valence-corrected chi connectivity index (χ2v) is 8.92. The Balaban J connectivity index is 1.89. The van der Waals surface area contributed by atoms with Crippen molar-refractivity contribution in [3.63, 3.8) is 0 Å². The standard InChI is InChI=1S/C20H32O16/c1-4-7(22)9(24)14(33-6(3)21)19(31-4)36-15-10(25)8(23)5(2)32-20(15)35-13-11(26)12(27)18(30)34-16(13)17(28)29/h4-5,7-16,18-20,22-27,30H,1-3H3,(H,28,29)/t4-,5-,7-,8-,9+,10+,11+,12+,13+,14+,15+,16-,18+,19-,20-/m0/s1. The Morgan fingerprint density at radius 2 is 1.08 bits per heavy atom. The van der Waals surface area contributed by atoms with Gasteiger partial charge in [-0.15, -0.1) is 0 Å². The highest BCUT2D eigenvalue weighted by molar-refractivity contribution is 5.73. The topological polar surface area (TPSA) is 251 Å². The lowest BCUT2D eigenvalue weighted by molar-refractivity contribution is -0.381. The smallest absolute Gasteiger partial charge is 0.335 e. The number of aliphatic hydroxyl groups excluding tert-OH is 7. The van der Waals surface area contributed by atoms with Gasteiger partial charge >= 0.3 is 11.9 Å². The average Bonchev–Trinajstić information content (AvgIpc) is 2.80. The molecule has 3 rings (SSSR count). The van der Waals surface area contributed by atoms with Crippen LogP contribution in [0.15, 0.2) is 0 Å². The van der Waals surface area contributed by atoms with Gasteiger partial charge in [0.1, 0.15) is 48.8 Å². The minimum atomic E-state index is -2.04. The quantitative estimate of drug-likeness (QED) is 0.150. The third kappa shape index (κ3) is 5.79.